The van der Waals surface area contributed by atoms with Gasteiger partial charge in [-0.05, 0) is 68.5 Å². The van der Waals surface area contributed by atoms with Crippen molar-refractivity contribution in [3.63, 3.8) is 0 Å². The first-order valence-electron chi connectivity index (χ1n) is 28.0. The van der Waals surface area contributed by atoms with E-state index in [0.29, 0.717) is 79.7 Å². The number of anilines is 1. The summed E-state index contributed by atoms with van der Waals surface area (Å²) >= 11 is 6.69. The molecule has 0 aliphatic carbocycles. The van der Waals surface area contributed by atoms with E-state index in [0.717, 1.165) is 0 Å². The molecule has 2 fully saturated rings. The summed E-state index contributed by atoms with van der Waals surface area (Å²) in [6.45, 7) is 12.8. The summed E-state index contributed by atoms with van der Waals surface area (Å²) in [5.74, 6) is -1.71. The first-order valence-corrected chi connectivity index (χ1v) is 28.4. The van der Waals surface area contributed by atoms with Crippen LogP contribution in [-0.2, 0) is 35.2 Å². The lowest BCUT2D eigenvalue weighted by molar-refractivity contribution is -0.150. The van der Waals surface area contributed by atoms with Gasteiger partial charge in [0.15, 0.2) is 12.4 Å². The van der Waals surface area contributed by atoms with Gasteiger partial charge in [-0.15, -0.1) is 5.10 Å². The minimum Gasteiger partial charge on any atom is -0.484 e. The second kappa shape index (κ2) is 28.4. The molecule has 0 saturated carbocycles. The number of fused-ring (bicyclic) bond motifs is 1. The molecule has 2 aliphatic rings. The molecule has 7 aromatic rings. The summed E-state index contributed by atoms with van der Waals surface area (Å²) in [6.07, 6.45) is 6.91. The molecular weight excluding hydrogens is 1150 g/mol. The van der Waals surface area contributed by atoms with Crippen molar-refractivity contribution < 1.29 is 56.4 Å². The standard InChI is InChI=1S/C60H65ClF2N14O10/c1-35(45-20-37(23-64)10-12-46(45)62)70-56-53(61)36(2)69-49-22-47(63)54(72-55(49)56)39-25-67-59(68-26-39)85-19-17-75-28-41(29-75)77-27-40(73-74-77)32-83-34-52(79)76-30-44(31-76)84-18-16-65-50(78)33-86-42-8-7-9-43(21-42)87-51-13-11-38(24-66-51)57(80)71-48(58(81)82-6)14-15-60(3,4)5/h7-13,20-22,24-27,35,41,44,48H,14-19,28-34H2,1-6H3,(H,65,78)(H,69,70)(H,71,80)/t35-,48+/m1/s1. The summed E-state index contributed by atoms with van der Waals surface area (Å²) < 4.78 is 65.8. The predicted octanol–water partition coefficient (Wildman–Crippen LogP) is 7.12. The molecule has 456 valence electrons. The molecule has 0 bridgehead atoms. The highest BCUT2D eigenvalue weighted by atomic mass is 35.5. The molecule has 0 radical (unpaired) electrons. The Morgan fingerprint density at radius 3 is 2.43 bits per heavy atom. The Labute approximate surface area is 504 Å². The van der Waals surface area contributed by atoms with Gasteiger partial charge in [-0.1, -0.05) is 43.7 Å². The Bertz CT molecular complexity index is 3630. The molecular formula is C60H65ClF2N14O10. The number of aromatic nitrogens is 8. The zero-order chi connectivity index (χ0) is 61.8. The number of pyridine rings is 3. The fraction of sp³-hybridized carbons (Fsp3) is 0.400. The Balaban J connectivity index is 0.617. The van der Waals surface area contributed by atoms with Crippen LogP contribution in [-0.4, -0.2) is 158 Å². The van der Waals surface area contributed by atoms with Gasteiger partial charge in [-0.25, -0.2) is 43.2 Å². The first kappa shape index (κ1) is 62.5. The number of benzene rings is 2. The molecule has 24 nitrogen and oxygen atoms in total. The van der Waals surface area contributed by atoms with Crippen molar-refractivity contribution in [1.82, 2.24) is 60.3 Å². The van der Waals surface area contributed by atoms with Crippen molar-refractivity contribution >= 4 is 52.0 Å². The first-order chi connectivity index (χ1) is 41.8. The van der Waals surface area contributed by atoms with Crippen molar-refractivity contribution in [3.8, 4) is 40.7 Å². The van der Waals surface area contributed by atoms with Crippen LogP contribution >= 0.6 is 11.6 Å². The lowest BCUT2D eigenvalue weighted by Gasteiger charge is -2.38. The summed E-state index contributed by atoms with van der Waals surface area (Å²) in [5, 5.41) is 26.7. The molecule has 7 heterocycles. The van der Waals surface area contributed by atoms with Gasteiger partial charge >= 0.3 is 12.0 Å². The Kier molecular flexibility index (Phi) is 20.4. The highest BCUT2D eigenvalue weighted by molar-refractivity contribution is 6.35. The quantitative estimate of drug-likeness (QED) is 0.0341. The lowest BCUT2D eigenvalue weighted by Crippen LogP contribution is -2.56. The molecule has 2 atom stereocenters. The number of likely N-dealkylation sites (tertiary alicyclic amines) is 2. The van der Waals surface area contributed by atoms with Crippen LogP contribution in [0.25, 0.3) is 22.3 Å². The van der Waals surface area contributed by atoms with Crippen LogP contribution < -0.4 is 30.2 Å². The summed E-state index contributed by atoms with van der Waals surface area (Å²) in [7, 11) is 1.28. The smallest absolute Gasteiger partial charge is 0.328 e. The molecule has 87 heavy (non-hydrogen) atoms. The number of nitrogens with one attached hydrogen (secondary N) is 3. The van der Waals surface area contributed by atoms with E-state index >= 15 is 4.39 Å². The van der Waals surface area contributed by atoms with Crippen LogP contribution in [0.1, 0.15) is 85.5 Å². The molecule has 2 aromatic carbocycles. The number of ether oxygens (including phenoxy) is 6. The molecule has 2 saturated heterocycles. The third-order valence-electron chi connectivity index (χ3n) is 14.2. The summed E-state index contributed by atoms with van der Waals surface area (Å²) in [5.41, 5.74) is 2.77. The topological polar surface area (TPSA) is 285 Å². The van der Waals surface area contributed by atoms with Gasteiger partial charge in [0.1, 0.15) is 53.5 Å². The third kappa shape index (κ3) is 16.7. The number of amides is 3. The van der Waals surface area contributed by atoms with E-state index in [9.17, 15) is 28.8 Å². The largest absolute Gasteiger partial charge is 0.484 e. The van der Waals surface area contributed by atoms with E-state index < -0.39 is 35.6 Å². The lowest BCUT2D eigenvalue weighted by atomic mass is 9.88. The van der Waals surface area contributed by atoms with Crippen LogP contribution in [0, 0.1) is 35.3 Å². The fourth-order valence-corrected chi connectivity index (χ4v) is 9.48. The van der Waals surface area contributed by atoms with Crippen molar-refractivity contribution in [2.24, 2.45) is 5.41 Å². The van der Waals surface area contributed by atoms with E-state index in [2.05, 4.69) is 76.9 Å². The molecule has 2 aliphatic heterocycles. The van der Waals surface area contributed by atoms with E-state index in [4.69, 9.17) is 40.0 Å². The van der Waals surface area contributed by atoms with E-state index in [1.54, 1.807) is 53.9 Å². The van der Waals surface area contributed by atoms with Crippen molar-refractivity contribution in [3.05, 3.63) is 130 Å². The highest BCUT2D eigenvalue weighted by Crippen LogP contribution is 2.37. The second-order valence-corrected chi connectivity index (χ2v) is 22.4. The summed E-state index contributed by atoms with van der Waals surface area (Å²) in [4.78, 5) is 76.1. The summed E-state index contributed by atoms with van der Waals surface area (Å²) in [6, 6.07) is 15.8. The fourth-order valence-electron chi connectivity index (χ4n) is 9.30. The number of nitrogens with zero attached hydrogens (tertiary/aromatic N) is 11. The number of hydrogen-bond acceptors (Lipinski definition) is 20. The maximum absolute atomic E-state index is 15.6. The van der Waals surface area contributed by atoms with Gasteiger partial charge in [0, 0.05) is 87.2 Å². The van der Waals surface area contributed by atoms with Crippen LogP contribution in [0.5, 0.6) is 23.4 Å². The zero-order valence-electron chi connectivity index (χ0n) is 48.7. The molecule has 3 N–H and O–H groups in total. The molecule has 9 rings (SSSR count). The number of carbonyl (C=O) groups is 4. The van der Waals surface area contributed by atoms with Crippen molar-refractivity contribution in [2.45, 2.75) is 78.3 Å². The van der Waals surface area contributed by atoms with Crippen LogP contribution in [0.15, 0.2) is 85.5 Å². The maximum Gasteiger partial charge on any atom is 0.328 e. The predicted molar refractivity (Wildman–Crippen MR) is 312 cm³/mol. The Hall–Kier alpha value is -9.03. The molecule has 0 spiro atoms. The van der Waals surface area contributed by atoms with Gasteiger partial charge in [0.2, 0.25) is 11.8 Å². The average Bonchev–Trinajstić information content (AvgIpc) is 1.36. The number of esters is 1. The number of aryl methyl sites for hydroxylation is 1. The van der Waals surface area contributed by atoms with E-state index in [1.807, 2.05) is 6.07 Å². The Morgan fingerprint density at radius 2 is 1.69 bits per heavy atom. The van der Waals surface area contributed by atoms with Gasteiger partial charge < -0.3 is 49.3 Å². The third-order valence-corrected chi connectivity index (χ3v) is 14.7. The van der Waals surface area contributed by atoms with Crippen LogP contribution in [0.2, 0.25) is 5.02 Å². The van der Waals surface area contributed by atoms with Crippen molar-refractivity contribution in [1.29, 1.82) is 5.26 Å². The number of methoxy groups -OCH3 is 1. The number of hydrogen-bond donors (Lipinski definition) is 3. The van der Waals surface area contributed by atoms with Gasteiger partial charge in [0.05, 0.1) is 83.8 Å². The van der Waals surface area contributed by atoms with E-state index in [-0.39, 0.29) is 119 Å². The minimum atomic E-state index is -0.795. The van der Waals surface area contributed by atoms with Crippen molar-refractivity contribution in [2.75, 3.05) is 78.1 Å². The highest BCUT2D eigenvalue weighted by Gasteiger charge is 2.32. The minimum absolute atomic E-state index is 0.0325. The number of halogens is 3. The number of nitriles is 1. The number of rotatable bonds is 27. The monoisotopic (exact) mass is 1210 g/mol. The number of carbonyl (C=O) groups excluding carboxylic acids is 4. The SMILES string of the molecule is COC(=O)[C@H](CCC(C)(C)C)NC(=O)c1ccc(Oc2cccc(OCC(=O)NCCOC3CN(C(=O)COCc4cn(C5CN(CCOc6ncc(-c7nc8c(N[C@H](C)c9cc(C#N)ccc9F)c(Cl)c(C)nc8cc7F)cn6)C5)nn4)C3)c2)nc1. The van der Waals surface area contributed by atoms with Gasteiger partial charge in [-0.2, -0.15) is 5.26 Å². The molecule has 5 aromatic heterocycles. The second-order valence-electron chi connectivity index (χ2n) is 22.0. The molecule has 0 unspecified atom stereocenters. The van der Waals surface area contributed by atoms with Gasteiger partial charge in [-0.3, -0.25) is 19.3 Å². The van der Waals surface area contributed by atoms with Gasteiger partial charge in [0.25, 0.3) is 11.8 Å². The van der Waals surface area contributed by atoms with Crippen LogP contribution in [0.3, 0.4) is 0 Å². The van der Waals surface area contributed by atoms with E-state index in [1.165, 1.54) is 62.1 Å². The zero-order valence-corrected chi connectivity index (χ0v) is 49.5. The molecule has 27 heteroatoms. The maximum atomic E-state index is 15.6. The average molecular weight is 1220 g/mol. The van der Waals surface area contributed by atoms with Crippen LogP contribution in [0.4, 0.5) is 14.5 Å². The molecule has 3 amide bonds. The normalized spacial score (nSPS) is 14.3. The Morgan fingerprint density at radius 1 is 0.908 bits per heavy atom.